The van der Waals surface area contributed by atoms with Gasteiger partial charge < -0.3 is 10.6 Å². The number of carbonyl (C=O) groups excluding carboxylic acids is 1. The zero-order valence-electron chi connectivity index (χ0n) is 15.4. The van der Waals surface area contributed by atoms with Crippen LogP contribution in [0.4, 0.5) is 11.5 Å². The van der Waals surface area contributed by atoms with Crippen LogP contribution in [0.15, 0.2) is 53.7 Å². The molecule has 3 aromatic rings. The Morgan fingerprint density at radius 1 is 1.21 bits per heavy atom. The topological polar surface area (TPSA) is 106 Å². The van der Waals surface area contributed by atoms with Crippen LogP contribution in [0.25, 0.3) is 10.9 Å². The van der Waals surface area contributed by atoms with E-state index in [2.05, 4.69) is 9.97 Å². The molecular formula is C20H20N4O3S. The fourth-order valence-corrected chi connectivity index (χ4v) is 3.98. The molecule has 2 heterocycles. The molecule has 1 aliphatic carbocycles. The monoisotopic (exact) mass is 396 g/mol. The van der Waals surface area contributed by atoms with Crippen molar-refractivity contribution in [1.29, 1.82) is 0 Å². The van der Waals surface area contributed by atoms with E-state index >= 15 is 0 Å². The maximum absolute atomic E-state index is 13.0. The summed E-state index contributed by atoms with van der Waals surface area (Å²) < 4.78 is 24.4. The minimum Gasteiger partial charge on any atom is -0.384 e. The van der Waals surface area contributed by atoms with Crippen LogP contribution >= 0.6 is 0 Å². The van der Waals surface area contributed by atoms with E-state index in [1.54, 1.807) is 18.2 Å². The van der Waals surface area contributed by atoms with Crippen LogP contribution in [0.1, 0.15) is 18.4 Å². The van der Waals surface area contributed by atoms with Crippen molar-refractivity contribution in [2.24, 2.45) is 5.92 Å². The fourth-order valence-electron chi connectivity index (χ4n) is 3.17. The highest BCUT2D eigenvalue weighted by atomic mass is 32.2. The molecule has 0 saturated heterocycles. The standard InChI is InChI=1S/C20H20N4O3S/c1-28(26,27)19-17(3-2-10-22-19)24(20(25)15-6-7-15)12-13-4-5-14-8-9-18(21)23-16(14)11-13/h2-5,8-11,15H,6-7,12H2,1H3,(H2,21,23). The molecule has 2 N–H and O–H groups in total. The van der Waals surface area contributed by atoms with Gasteiger partial charge in [-0.05, 0) is 48.7 Å². The summed E-state index contributed by atoms with van der Waals surface area (Å²) in [5.74, 6) is 0.266. The molecule has 1 fully saturated rings. The lowest BCUT2D eigenvalue weighted by Crippen LogP contribution is -2.33. The number of anilines is 2. The number of sulfone groups is 1. The van der Waals surface area contributed by atoms with Gasteiger partial charge in [0.1, 0.15) is 5.82 Å². The molecule has 0 unspecified atom stereocenters. The Morgan fingerprint density at radius 2 is 1.96 bits per heavy atom. The summed E-state index contributed by atoms with van der Waals surface area (Å²) in [7, 11) is -3.58. The van der Waals surface area contributed by atoms with Crippen molar-refractivity contribution < 1.29 is 13.2 Å². The molecule has 1 aliphatic rings. The molecule has 0 atom stereocenters. The lowest BCUT2D eigenvalue weighted by atomic mass is 10.1. The van der Waals surface area contributed by atoms with Crippen molar-refractivity contribution in [3.8, 4) is 0 Å². The molecule has 4 rings (SSSR count). The number of amides is 1. The van der Waals surface area contributed by atoms with Crippen LogP contribution in [0, 0.1) is 5.92 Å². The Balaban J connectivity index is 1.77. The highest BCUT2D eigenvalue weighted by Crippen LogP contribution is 2.35. The van der Waals surface area contributed by atoms with Crippen molar-refractivity contribution in [2.75, 3.05) is 16.9 Å². The van der Waals surface area contributed by atoms with Gasteiger partial charge in [0.2, 0.25) is 5.91 Å². The van der Waals surface area contributed by atoms with Gasteiger partial charge in [-0.2, -0.15) is 0 Å². The highest BCUT2D eigenvalue weighted by molar-refractivity contribution is 7.90. The lowest BCUT2D eigenvalue weighted by Gasteiger charge is -2.24. The average Bonchev–Trinajstić information content (AvgIpc) is 3.50. The van der Waals surface area contributed by atoms with Crippen molar-refractivity contribution in [3.05, 3.63) is 54.2 Å². The number of hydrogen-bond donors (Lipinski definition) is 1. The molecule has 0 aliphatic heterocycles. The number of nitrogen functional groups attached to an aromatic ring is 1. The molecule has 2 aromatic heterocycles. The first kappa shape index (κ1) is 18.4. The molecule has 8 heteroatoms. The zero-order valence-corrected chi connectivity index (χ0v) is 16.2. The predicted molar refractivity (Wildman–Crippen MR) is 107 cm³/mol. The normalized spacial score (nSPS) is 14.2. The average molecular weight is 396 g/mol. The van der Waals surface area contributed by atoms with Gasteiger partial charge in [-0.15, -0.1) is 0 Å². The summed E-state index contributed by atoms with van der Waals surface area (Å²) in [5.41, 5.74) is 7.65. The summed E-state index contributed by atoms with van der Waals surface area (Å²) in [6, 6.07) is 12.6. The first-order chi connectivity index (χ1) is 13.3. The van der Waals surface area contributed by atoms with Crippen LogP contribution in [0.2, 0.25) is 0 Å². The van der Waals surface area contributed by atoms with E-state index in [1.165, 1.54) is 11.1 Å². The first-order valence-corrected chi connectivity index (χ1v) is 10.8. The second-order valence-corrected chi connectivity index (χ2v) is 8.99. The van der Waals surface area contributed by atoms with Gasteiger partial charge in [-0.25, -0.2) is 18.4 Å². The van der Waals surface area contributed by atoms with Gasteiger partial charge in [-0.1, -0.05) is 12.1 Å². The van der Waals surface area contributed by atoms with E-state index in [0.29, 0.717) is 11.5 Å². The highest BCUT2D eigenvalue weighted by Gasteiger charge is 2.36. The zero-order chi connectivity index (χ0) is 19.9. The smallest absolute Gasteiger partial charge is 0.230 e. The molecule has 144 valence electrons. The number of nitrogens with two attached hydrogens (primary N) is 1. The number of benzene rings is 1. The summed E-state index contributed by atoms with van der Waals surface area (Å²) >= 11 is 0. The molecule has 1 amide bonds. The van der Waals surface area contributed by atoms with Crippen molar-refractivity contribution in [3.63, 3.8) is 0 Å². The maximum atomic E-state index is 13.0. The molecule has 7 nitrogen and oxygen atoms in total. The Hall–Kier alpha value is -3.00. The Morgan fingerprint density at radius 3 is 2.68 bits per heavy atom. The lowest BCUT2D eigenvalue weighted by molar-refractivity contribution is -0.119. The maximum Gasteiger partial charge on any atom is 0.230 e. The second kappa shape index (κ2) is 6.87. The van der Waals surface area contributed by atoms with Crippen LogP contribution in [0.5, 0.6) is 0 Å². The molecular weight excluding hydrogens is 376 g/mol. The molecule has 1 aromatic carbocycles. The predicted octanol–water partition coefficient (Wildman–Crippen LogP) is 2.56. The van der Waals surface area contributed by atoms with E-state index in [4.69, 9.17) is 5.73 Å². The summed E-state index contributed by atoms with van der Waals surface area (Å²) in [6.07, 6.45) is 4.16. The van der Waals surface area contributed by atoms with Gasteiger partial charge in [0.25, 0.3) is 0 Å². The van der Waals surface area contributed by atoms with Crippen LogP contribution in [0.3, 0.4) is 0 Å². The number of rotatable bonds is 5. The Labute approximate surface area is 163 Å². The largest absolute Gasteiger partial charge is 0.384 e. The van der Waals surface area contributed by atoms with E-state index in [1.807, 2.05) is 24.3 Å². The molecule has 0 spiro atoms. The van der Waals surface area contributed by atoms with Gasteiger partial charge >= 0.3 is 0 Å². The van der Waals surface area contributed by atoms with E-state index in [-0.39, 0.29) is 23.4 Å². The summed E-state index contributed by atoms with van der Waals surface area (Å²) in [4.78, 5) is 22.9. The van der Waals surface area contributed by atoms with Crippen molar-refractivity contribution >= 4 is 38.2 Å². The molecule has 1 saturated carbocycles. The van der Waals surface area contributed by atoms with Gasteiger partial charge in [0.05, 0.1) is 17.7 Å². The fraction of sp³-hybridized carbons (Fsp3) is 0.250. The second-order valence-electron chi connectivity index (χ2n) is 7.06. The number of pyridine rings is 2. The Bertz CT molecular complexity index is 1170. The van der Waals surface area contributed by atoms with Gasteiger partial charge in [0, 0.05) is 23.8 Å². The quantitative estimate of drug-likeness (QED) is 0.710. The van der Waals surface area contributed by atoms with Crippen LogP contribution in [-0.4, -0.2) is 30.5 Å². The third-order valence-electron chi connectivity index (χ3n) is 4.70. The number of fused-ring (bicyclic) bond motifs is 1. The third kappa shape index (κ3) is 3.68. The summed E-state index contributed by atoms with van der Waals surface area (Å²) in [6.45, 7) is 0.232. The Kier molecular flexibility index (Phi) is 4.50. The molecule has 0 radical (unpaired) electrons. The number of nitrogens with zero attached hydrogens (tertiary/aromatic N) is 3. The number of carbonyl (C=O) groups is 1. The molecule has 28 heavy (non-hydrogen) atoms. The van der Waals surface area contributed by atoms with Crippen molar-refractivity contribution in [2.45, 2.75) is 24.4 Å². The third-order valence-corrected chi connectivity index (χ3v) is 5.72. The van der Waals surface area contributed by atoms with E-state index in [0.717, 1.165) is 35.6 Å². The van der Waals surface area contributed by atoms with E-state index in [9.17, 15) is 13.2 Å². The van der Waals surface area contributed by atoms with Crippen LogP contribution < -0.4 is 10.6 Å². The SMILES string of the molecule is CS(=O)(=O)c1ncccc1N(Cc1ccc2ccc(N)nc2c1)C(=O)C1CC1. The minimum absolute atomic E-state index is 0.0677. The van der Waals surface area contributed by atoms with Gasteiger partial charge in [0.15, 0.2) is 14.9 Å². The minimum atomic E-state index is -3.58. The summed E-state index contributed by atoms with van der Waals surface area (Å²) in [5, 5.41) is 0.850. The van der Waals surface area contributed by atoms with Crippen molar-refractivity contribution in [1.82, 2.24) is 9.97 Å². The van der Waals surface area contributed by atoms with Crippen LogP contribution in [-0.2, 0) is 21.2 Å². The number of aromatic nitrogens is 2. The first-order valence-electron chi connectivity index (χ1n) is 8.94. The van der Waals surface area contributed by atoms with Gasteiger partial charge in [-0.3, -0.25) is 4.79 Å². The van der Waals surface area contributed by atoms with E-state index < -0.39 is 9.84 Å². The molecule has 0 bridgehead atoms. The number of hydrogen-bond acceptors (Lipinski definition) is 6.